The predicted octanol–water partition coefficient (Wildman–Crippen LogP) is 0.834. The van der Waals surface area contributed by atoms with Crippen LogP contribution >= 0.6 is 0 Å². The molecule has 0 rings (SSSR count). The van der Waals surface area contributed by atoms with Gasteiger partial charge in [-0.1, -0.05) is 0 Å². The van der Waals surface area contributed by atoms with E-state index in [4.69, 9.17) is 10.8 Å². The molecule has 1 atom stereocenters. The predicted molar refractivity (Wildman–Crippen MR) is 35.5 cm³/mol. The molecule has 3 N–H and O–H groups in total. The van der Waals surface area contributed by atoms with Crippen LogP contribution in [0, 0.1) is 0 Å². The van der Waals surface area contributed by atoms with Crippen molar-refractivity contribution in [3.05, 3.63) is 0 Å². The second kappa shape index (κ2) is 5.01. The molecule has 5 heteroatoms. The monoisotopic (exact) mass is 167 g/mol. The second-order valence-electron chi connectivity index (χ2n) is 2.27. The summed E-state index contributed by atoms with van der Waals surface area (Å²) in [4.78, 5) is 10.1. The van der Waals surface area contributed by atoms with Crippen LogP contribution in [0.3, 0.4) is 0 Å². The lowest BCUT2D eigenvalue weighted by Gasteiger charge is -2.04. The Bertz CT molecular complexity index is 130. The first kappa shape index (κ1) is 10.3. The second-order valence-corrected chi connectivity index (χ2v) is 2.27. The molecule has 0 aromatic carbocycles. The van der Waals surface area contributed by atoms with Crippen molar-refractivity contribution in [1.29, 1.82) is 0 Å². The Morgan fingerprint density at radius 1 is 1.45 bits per heavy atom. The summed E-state index contributed by atoms with van der Waals surface area (Å²) in [6, 6.07) is -1.01. The standard InChI is InChI=1S/C6H11F2NO2/c7-5(8)3-1-2-4(9)6(10)11/h4-5H,1-3,9H2,(H,10,11)/t4-/m1/s1. The van der Waals surface area contributed by atoms with Gasteiger partial charge in [0.05, 0.1) is 0 Å². The summed E-state index contributed by atoms with van der Waals surface area (Å²) in [6.45, 7) is 0. The first-order valence-corrected chi connectivity index (χ1v) is 3.30. The topological polar surface area (TPSA) is 63.3 Å². The number of carbonyl (C=O) groups is 1. The van der Waals surface area contributed by atoms with Gasteiger partial charge in [0, 0.05) is 6.42 Å². The van der Waals surface area contributed by atoms with Gasteiger partial charge in [-0.3, -0.25) is 4.79 Å². The zero-order valence-corrected chi connectivity index (χ0v) is 5.96. The van der Waals surface area contributed by atoms with E-state index in [1.54, 1.807) is 0 Å². The van der Waals surface area contributed by atoms with Crippen LogP contribution in [0.1, 0.15) is 19.3 Å². The molecule has 11 heavy (non-hydrogen) atoms. The largest absolute Gasteiger partial charge is 0.480 e. The van der Waals surface area contributed by atoms with Crippen LogP contribution < -0.4 is 5.73 Å². The third-order valence-corrected chi connectivity index (χ3v) is 1.25. The highest BCUT2D eigenvalue weighted by Crippen LogP contribution is 2.06. The van der Waals surface area contributed by atoms with Crippen LogP contribution in [0.5, 0.6) is 0 Å². The van der Waals surface area contributed by atoms with Gasteiger partial charge in [-0.25, -0.2) is 8.78 Å². The van der Waals surface area contributed by atoms with Gasteiger partial charge in [0.25, 0.3) is 0 Å². The summed E-state index contributed by atoms with van der Waals surface area (Å²) >= 11 is 0. The van der Waals surface area contributed by atoms with Gasteiger partial charge in [-0.15, -0.1) is 0 Å². The maximum absolute atomic E-state index is 11.5. The molecular formula is C6H11F2NO2. The van der Waals surface area contributed by atoms with Crippen molar-refractivity contribution < 1.29 is 18.7 Å². The van der Waals surface area contributed by atoms with E-state index in [9.17, 15) is 13.6 Å². The normalized spacial score (nSPS) is 13.5. The van der Waals surface area contributed by atoms with Crippen LogP contribution in [0.25, 0.3) is 0 Å². The van der Waals surface area contributed by atoms with Crippen LogP contribution in [-0.2, 0) is 4.79 Å². The molecule has 0 unspecified atom stereocenters. The van der Waals surface area contributed by atoms with E-state index in [1.807, 2.05) is 0 Å². The molecule has 3 nitrogen and oxygen atoms in total. The maximum Gasteiger partial charge on any atom is 0.320 e. The highest BCUT2D eigenvalue weighted by Gasteiger charge is 2.11. The van der Waals surface area contributed by atoms with Crippen molar-refractivity contribution in [3.8, 4) is 0 Å². The van der Waals surface area contributed by atoms with E-state index < -0.39 is 18.4 Å². The average molecular weight is 167 g/mol. The first-order chi connectivity index (χ1) is 5.04. The lowest BCUT2D eigenvalue weighted by Crippen LogP contribution is -2.29. The van der Waals surface area contributed by atoms with Crippen molar-refractivity contribution in [2.45, 2.75) is 31.7 Å². The van der Waals surface area contributed by atoms with Crippen molar-refractivity contribution in [3.63, 3.8) is 0 Å². The summed E-state index contributed by atoms with van der Waals surface area (Å²) in [5.74, 6) is -1.14. The van der Waals surface area contributed by atoms with Crippen molar-refractivity contribution in [1.82, 2.24) is 0 Å². The molecule has 0 radical (unpaired) electrons. The molecule has 0 saturated heterocycles. The Labute approximate surface area is 63.2 Å². The first-order valence-electron chi connectivity index (χ1n) is 3.30. The molecular weight excluding hydrogens is 156 g/mol. The van der Waals surface area contributed by atoms with E-state index in [-0.39, 0.29) is 19.3 Å². The molecule has 0 bridgehead atoms. The number of hydrogen-bond donors (Lipinski definition) is 2. The van der Waals surface area contributed by atoms with Crippen molar-refractivity contribution >= 4 is 5.97 Å². The minimum absolute atomic E-state index is 0.111. The highest BCUT2D eigenvalue weighted by molar-refractivity contribution is 5.72. The summed E-state index contributed by atoms with van der Waals surface area (Å²) in [6.07, 6.45) is -2.37. The molecule has 66 valence electrons. The quantitative estimate of drug-likeness (QED) is 0.637. The van der Waals surface area contributed by atoms with Gasteiger partial charge in [0.15, 0.2) is 0 Å². The zero-order chi connectivity index (χ0) is 8.85. The maximum atomic E-state index is 11.5. The van der Waals surface area contributed by atoms with Crippen LogP contribution in [0.15, 0.2) is 0 Å². The van der Waals surface area contributed by atoms with Gasteiger partial charge in [0.2, 0.25) is 6.43 Å². The molecule has 0 heterocycles. The fourth-order valence-corrected chi connectivity index (χ4v) is 0.616. The minimum Gasteiger partial charge on any atom is -0.480 e. The minimum atomic E-state index is -2.36. The van der Waals surface area contributed by atoms with Gasteiger partial charge in [-0.05, 0) is 12.8 Å². The summed E-state index contributed by atoms with van der Waals surface area (Å²) in [5.41, 5.74) is 5.06. The van der Waals surface area contributed by atoms with E-state index in [0.717, 1.165) is 0 Å². The van der Waals surface area contributed by atoms with E-state index in [2.05, 4.69) is 0 Å². The fraction of sp³-hybridized carbons (Fsp3) is 0.833. The lowest BCUT2D eigenvalue weighted by atomic mass is 10.1. The van der Waals surface area contributed by atoms with E-state index in [0.29, 0.717) is 0 Å². The Kier molecular flexibility index (Phi) is 4.69. The molecule has 0 saturated carbocycles. The third kappa shape index (κ3) is 5.72. The summed E-state index contributed by atoms with van der Waals surface area (Å²) in [7, 11) is 0. The Balaban J connectivity index is 3.31. The third-order valence-electron chi connectivity index (χ3n) is 1.25. The summed E-state index contributed by atoms with van der Waals surface area (Å²) < 4.78 is 23.0. The molecule has 0 aromatic rings. The van der Waals surface area contributed by atoms with Crippen LogP contribution in [-0.4, -0.2) is 23.5 Å². The number of aliphatic carboxylic acids is 1. The lowest BCUT2D eigenvalue weighted by molar-refractivity contribution is -0.138. The van der Waals surface area contributed by atoms with Gasteiger partial charge >= 0.3 is 5.97 Å². The Morgan fingerprint density at radius 3 is 2.36 bits per heavy atom. The van der Waals surface area contributed by atoms with Crippen molar-refractivity contribution in [2.24, 2.45) is 5.73 Å². The molecule has 0 aliphatic heterocycles. The number of nitrogens with two attached hydrogens (primary N) is 1. The Morgan fingerprint density at radius 2 is 2.00 bits per heavy atom. The molecule has 0 aliphatic rings. The highest BCUT2D eigenvalue weighted by atomic mass is 19.3. The van der Waals surface area contributed by atoms with Crippen LogP contribution in [0.4, 0.5) is 8.78 Å². The van der Waals surface area contributed by atoms with Crippen molar-refractivity contribution in [2.75, 3.05) is 0 Å². The number of hydrogen-bond acceptors (Lipinski definition) is 2. The molecule has 0 fully saturated rings. The molecule has 0 spiro atoms. The number of alkyl halides is 2. The number of carboxylic acids is 1. The smallest absolute Gasteiger partial charge is 0.320 e. The fourth-order valence-electron chi connectivity index (χ4n) is 0.616. The van der Waals surface area contributed by atoms with E-state index >= 15 is 0 Å². The molecule has 0 aliphatic carbocycles. The van der Waals surface area contributed by atoms with Gasteiger partial charge in [0.1, 0.15) is 6.04 Å². The van der Waals surface area contributed by atoms with Gasteiger partial charge < -0.3 is 10.8 Å². The number of rotatable bonds is 5. The SMILES string of the molecule is N[C@H](CCCC(F)F)C(=O)O. The molecule has 0 amide bonds. The van der Waals surface area contributed by atoms with E-state index in [1.165, 1.54) is 0 Å². The number of halogens is 2. The van der Waals surface area contributed by atoms with Crippen LogP contribution in [0.2, 0.25) is 0 Å². The molecule has 0 aromatic heterocycles. The Hall–Kier alpha value is -0.710. The number of carboxylic acid groups (broad SMARTS) is 1. The average Bonchev–Trinajstić information content (AvgIpc) is 1.86. The zero-order valence-electron chi connectivity index (χ0n) is 5.96. The summed E-state index contributed by atoms with van der Waals surface area (Å²) in [5, 5.41) is 8.23. The van der Waals surface area contributed by atoms with Gasteiger partial charge in [-0.2, -0.15) is 0 Å².